The molecule has 4 heterocycles. The van der Waals surface area contributed by atoms with Gasteiger partial charge in [-0.05, 0) is 250 Å². The molecule has 5 N–H and O–H groups in total. The number of anilines is 2. The first-order chi connectivity index (χ1) is 48.9. The van der Waals surface area contributed by atoms with Gasteiger partial charge in [-0.15, -0.1) is 0 Å². The highest BCUT2D eigenvalue weighted by atomic mass is 35.5. The molecule has 6 atom stereocenters. The van der Waals surface area contributed by atoms with Crippen molar-refractivity contribution in [1.29, 1.82) is 0 Å². The number of nitrogens with one attached hydrogen (secondary N) is 4. The molecule has 0 radical (unpaired) electrons. The molecule has 19 heteroatoms. The Morgan fingerprint density at radius 3 is 1.82 bits per heavy atom. The fourth-order valence-corrected chi connectivity index (χ4v) is 16.4. The number of Topliss-reactive ketones (excluding diaryl/α,β-unsaturated/α-hetero) is 1. The highest BCUT2D eigenvalue weighted by molar-refractivity contribution is 6.42. The lowest BCUT2D eigenvalue weighted by atomic mass is 9.83. The minimum Gasteiger partial charge on any atom is -0.497 e. The van der Waals surface area contributed by atoms with E-state index in [0.29, 0.717) is 51.4 Å². The number of amides is 4. The van der Waals surface area contributed by atoms with E-state index in [4.69, 9.17) is 32.7 Å². The Bertz CT molecular complexity index is 3600. The van der Waals surface area contributed by atoms with Gasteiger partial charge in [0.25, 0.3) is 0 Å². The molecular weight excluding hydrogens is 1320 g/mol. The van der Waals surface area contributed by atoms with Crippen molar-refractivity contribution >= 4 is 58.4 Å². The molecule has 2 aliphatic carbocycles. The van der Waals surface area contributed by atoms with Gasteiger partial charge in [0.05, 0.1) is 17.2 Å². The molecule has 6 fully saturated rings. The van der Waals surface area contributed by atoms with Crippen molar-refractivity contribution in [2.45, 2.75) is 160 Å². The second-order valence-electron chi connectivity index (χ2n) is 29.5. The van der Waals surface area contributed by atoms with Crippen molar-refractivity contribution in [3.8, 4) is 11.5 Å². The lowest BCUT2D eigenvalue weighted by molar-refractivity contribution is -0.151. The van der Waals surface area contributed by atoms with Crippen LogP contribution in [0.25, 0.3) is 0 Å². The number of rotatable bonds is 22. The third-order valence-corrected chi connectivity index (χ3v) is 22.5. The zero-order valence-electron chi connectivity index (χ0n) is 59.4. The number of aliphatic carboxylic acids is 1. The van der Waals surface area contributed by atoms with Gasteiger partial charge in [-0.2, -0.15) is 0 Å². The number of piperidine rings is 4. The minimum absolute atomic E-state index is 0. The number of ketones is 1. The van der Waals surface area contributed by atoms with Crippen LogP contribution >= 0.6 is 23.2 Å². The van der Waals surface area contributed by atoms with E-state index in [-0.39, 0.29) is 53.4 Å². The van der Waals surface area contributed by atoms with Crippen molar-refractivity contribution in [2.24, 2.45) is 29.6 Å². The molecule has 6 aromatic rings. The SMILES string of the molecule is CC(=O)c1cccc(NC(=O)NC2CCCC(CN3CCC(Cc4ccc(F)cc4)CC3)C2)c1.COc1cccc(NC(=O)N[C@@H]2CCCC[C@@H]2CN2CCCC(Cc3ccccc3)C2)c1.C[C@](Cc1ccc(F)cc1)(C(=O)O)N1CCC(CN2CCC(Oc3ccc(Cl)c(Cl)c3)CC2)CC1.[HH].[HH].[HH].[HH]. The molecule has 101 heavy (non-hydrogen) atoms. The van der Waals surface area contributed by atoms with E-state index in [1.165, 1.54) is 101 Å². The lowest BCUT2D eigenvalue weighted by Gasteiger charge is -2.43. The van der Waals surface area contributed by atoms with E-state index in [1.807, 2.05) is 42.5 Å². The number of benzene rings is 6. The summed E-state index contributed by atoms with van der Waals surface area (Å²) in [6, 6.07) is 44.0. The van der Waals surface area contributed by atoms with Crippen molar-refractivity contribution < 1.29 is 48.2 Å². The van der Waals surface area contributed by atoms with Gasteiger partial charge in [-0.1, -0.05) is 115 Å². The van der Waals surface area contributed by atoms with Gasteiger partial charge in [-0.3, -0.25) is 14.5 Å². The number of halogens is 4. The second-order valence-corrected chi connectivity index (χ2v) is 30.3. The first kappa shape index (κ1) is 76.5. The van der Waals surface area contributed by atoms with E-state index in [0.717, 1.165) is 145 Å². The van der Waals surface area contributed by atoms with Crippen LogP contribution < -0.4 is 30.7 Å². The molecule has 6 aromatic carbocycles. The van der Waals surface area contributed by atoms with Crippen molar-refractivity contribution in [3.63, 3.8) is 0 Å². The predicted molar refractivity (Wildman–Crippen MR) is 409 cm³/mol. The van der Waals surface area contributed by atoms with Crippen molar-refractivity contribution in [2.75, 3.05) is 89.7 Å². The van der Waals surface area contributed by atoms with E-state index in [1.54, 1.807) is 74.7 Å². The number of hydrogen-bond donors (Lipinski definition) is 5. The van der Waals surface area contributed by atoms with Gasteiger partial charge in [0.1, 0.15) is 34.8 Å². The molecular formula is C82H114Cl2F2N8O7. The van der Waals surface area contributed by atoms with Crippen molar-refractivity contribution in [3.05, 3.63) is 190 Å². The quantitative estimate of drug-likeness (QED) is 0.0410. The highest BCUT2D eigenvalue weighted by Crippen LogP contribution is 2.34. The first-order valence-electron chi connectivity index (χ1n) is 37.1. The standard InChI is InChI=1S/C28H36FN3O2.C27H33Cl2FN2O3.C27H37N3O2.4H2/c1-20(33)24-5-3-7-27(18-24)31-28(34)30-26-6-2-4-23(17-26)19-32-14-12-22(13-15-32)16-21-8-10-25(29)11-9-21;1-27(26(33)34,17-19-2-4-21(30)5-3-19)32-14-8-20(9-15-32)18-31-12-10-22(11-13-31)35-23-6-7-24(28)25(29)16-23;1-32-25-14-7-13-24(18-25)28-27(31)29-26-15-6-5-12-23(26)20-30-16-8-11-22(19-30)17-21-9-3-2-4-10-21;;;;/h3,5,7-11,18,22-23,26H,2,4,6,12-17,19H2,1H3,(H2,30,31,34);2-7,16,20,22H,8-15,17-18H2,1H3,(H,33,34);2-4,7,9-10,13-14,18,22-23,26H,5-6,8,11-12,15-17,19-20H2,1H3,(H2,28,29,31);4*1H/t;27-;22?,23-,26-;;;;/m.01..../s1. The normalized spacial score (nSPS) is 22.0. The number of carboxylic acid groups (broad SMARTS) is 1. The fraction of sp³-hybridized carbons (Fsp3) is 0.512. The average molecular weight is 1430 g/mol. The van der Waals surface area contributed by atoms with E-state index < -0.39 is 11.5 Å². The van der Waals surface area contributed by atoms with Gasteiger partial charge >= 0.3 is 18.0 Å². The van der Waals surface area contributed by atoms with Crippen LogP contribution in [0, 0.1) is 41.2 Å². The molecule has 4 amide bonds. The molecule has 6 aliphatic rings. The fourth-order valence-electron chi connectivity index (χ4n) is 16.1. The van der Waals surface area contributed by atoms with Crippen LogP contribution in [0.5, 0.6) is 11.5 Å². The number of methoxy groups -OCH3 is 1. The number of urea groups is 2. The molecule has 3 unspecified atom stereocenters. The number of likely N-dealkylation sites (tertiary alicyclic amines) is 4. The van der Waals surface area contributed by atoms with Gasteiger partial charge in [-0.25, -0.2) is 18.4 Å². The van der Waals surface area contributed by atoms with Crippen LogP contribution in [-0.4, -0.2) is 151 Å². The molecule has 4 aliphatic heterocycles. The molecule has 4 saturated heterocycles. The maximum absolute atomic E-state index is 13.3. The summed E-state index contributed by atoms with van der Waals surface area (Å²) in [6.07, 6.45) is 20.7. The van der Waals surface area contributed by atoms with Crippen LogP contribution in [0.1, 0.15) is 149 Å². The van der Waals surface area contributed by atoms with Crippen molar-refractivity contribution in [1.82, 2.24) is 30.2 Å². The lowest BCUT2D eigenvalue weighted by Crippen LogP contribution is -2.57. The molecule has 15 nitrogen and oxygen atoms in total. The molecule has 0 aromatic heterocycles. The van der Waals surface area contributed by atoms with Gasteiger partial charge < -0.3 is 50.5 Å². The summed E-state index contributed by atoms with van der Waals surface area (Å²) >= 11 is 12.1. The summed E-state index contributed by atoms with van der Waals surface area (Å²) in [4.78, 5) is 58.9. The summed E-state index contributed by atoms with van der Waals surface area (Å²) in [7, 11) is 1.64. The summed E-state index contributed by atoms with van der Waals surface area (Å²) < 4.78 is 37.8. The Hall–Kier alpha value is -7.12. The number of ether oxygens (including phenoxy) is 2. The van der Waals surface area contributed by atoms with Gasteiger partial charge in [0.15, 0.2) is 5.78 Å². The van der Waals surface area contributed by atoms with E-state index >= 15 is 0 Å². The van der Waals surface area contributed by atoms with Crippen LogP contribution in [0.3, 0.4) is 0 Å². The van der Waals surface area contributed by atoms with Crippen LogP contribution in [0.4, 0.5) is 29.7 Å². The molecule has 0 bridgehead atoms. The van der Waals surface area contributed by atoms with E-state index in [2.05, 4.69) is 71.2 Å². The molecule has 552 valence electrons. The number of carbonyl (C=O) groups excluding carboxylic acids is 3. The minimum atomic E-state index is -0.997. The topological polar surface area (TPSA) is 168 Å². The monoisotopic (exact) mass is 1430 g/mol. The summed E-state index contributed by atoms with van der Waals surface area (Å²) in [5.41, 5.74) is 4.51. The summed E-state index contributed by atoms with van der Waals surface area (Å²) in [5.74, 6) is 3.27. The largest absolute Gasteiger partial charge is 0.497 e. The Balaban J connectivity index is 0.000000243. The molecule has 12 rings (SSSR count). The third kappa shape index (κ3) is 24.2. The Morgan fingerprint density at radius 2 is 1.15 bits per heavy atom. The third-order valence-electron chi connectivity index (χ3n) is 21.8. The van der Waals surface area contributed by atoms with Crippen LogP contribution in [0.2, 0.25) is 10.0 Å². The van der Waals surface area contributed by atoms with Gasteiger partial charge in [0, 0.05) is 92.6 Å². The second kappa shape index (κ2) is 38.4. The molecule has 2 saturated carbocycles. The van der Waals surface area contributed by atoms with Crippen LogP contribution in [0.15, 0.2) is 146 Å². The highest BCUT2D eigenvalue weighted by Gasteiger charge is 2.42. The maximum atomic E-state index is 13.3. The smallest absolute Gasteiger partial charge is 0.324 e. The first-order valence-corrected chi connectivity index (χ1v) is 37.8. The maximum Gasteiger partial charge on any atom is 0.324 e. The zero-order valence-corrected chi connectivity index (χ0v) is 60.9. The summed E-state index contributed by atoms with van der Waals surface area (Å²) in [5, 5.41) is 23.3. The Kier molecular flexibility index (Phi) is 29.1. The number of carbonyl (C=O) groups is 4. The zero-order chi connectivity index (χ0) is 71.1. The number of hydrogen-bond acceptors (Lipinski definition) is 10. The molecule has 0 spiro atoms. The number of carboxylic acids is 1. The van der Waals surface area contributed by atoms with Crippen LogP contribution in [-0.2, 0) is 24.1 Å². The average Bonchev–Trinajstić information content (AvgIpc) is 0.798. The van der Waals surface area contributed by atoms with E-state index in [9.17, 15) is 33.1 Å². The Morgan fingerprint density at radius 1 is 0.545 bits per heavy atom. The van der Waals surface area contributed by atoms with Gasteiger partial charge in [0.2, 0.25) is 0 Å². The summed E-state index contributed by atoms with van der Waals surface area (Å²) in [6.45, 7) is 14.6. The number of nitrogens with zero attached hydrogens (tertiary/aromatic N) is 4. The Labute approximate surface area is 613 Å². The predicted octanol–water partition coefficient (Wildman–Crippen LogP) is 17.8.